The molecule has 1 aromatic rings. The van der Waals surface area contributed by atoms with Crippen molar-refractivity contribution in [3.05, 3.63) is 24.3 Å². The van der Waals surface area contributed by atoms with Gasteiger partial charge in [-0.2, -0.15) is 0 Å². The van der Waals surface area contributed by atoms with E-state index in [1.165, 1.54) is 0 Å². The van der Waals surface area contributed by atoms with Crippen molar-refractivity contribution in [2.75, 3.05) is 13.2 Å². The molecule has 1 aliphatic heterocycles. The summed E-state index contributed by atoms with van der Waals surface area (Å²) in [4.78, 5) is 11.7. The van der Waals surface area contributed by atoms with E-state index in [1.807, 2.05) is 38.1 Å². The van der Waals surface area contributed by atoms with E-state index in [2.05, 4.69) is 5.32 Å². The van der Waals surface area contributed by atoms with E-state index in [0.29, 0.717) is 18.9 Å². The first kappa shape index (κ1) is 13.7. The van der Waals surface area contributed by atoms with Crippen LogP contribution in [0.25, 0.3) is 0 Å². The number of rotatable bonds is 4. The van der Waals surface area contributed by atoms with Gasteiger partial charge in [-0.05, 0) is 18.1 Å². The maximum atomic E-state index is 11.7. The normalized spacial score (nSPS) is 19.1. The van der Waals surface area contributed by atoms with Crippen molar-refractivity contribution in [1.82, 2.24) is 5.32 Å². The maximum Gasteiger partial charge on any atom is 0.237 e. The quantitative estimate of drug-likeness (QED) is 0.848. The fraction of sp³-hybridized carbons (Fsp3) is 0.500. The Morgan fingerprint density at radius 3 is 2.79 bits per heavy atom. The number of fused-ring (bicyclic) bond motifs is 1. The highest BCUT2D eigenvalue weighted by molar-refractivity contribution is 5.81. The summed E-state index contributed by atoms with van der Waals surface area (Å²) in [7, 11) is 0. The Bertz CT molecular complexity index is 448. The van der Waals surface area contributed by atoms with Crippen LogP contribution in [0.1, 0.15) is 13.8 Å². The largest absolute Gasteiger partial charge is 0.486 e. The first-order chi connectivity index (χ1) is 9.08. The Labute approximate surface area is 113 Å². The number of amides is 1. The van der Waals surface area contributed by atoms with Gasteiger partial charge in [0.1, 0.15) is 12.7 Å². The highest BCUT2D eigenvalue weighted by Gasteiger charge is 2.23. The number of ether oxygens (including phenoxy) is 2. The van der Waals surface area contributed by atoms with Gasteiger partial charge in [0.2, 0.25) is 5.91 Å². The van der Waals surface area contributed by atoms with E-state index in [0.717, 1.165) is 5.75 Å². The molecule has 2 rings (SSSR count). The molecule has 5 heteroatoms. The molecule has 1 aliphatic rings. The third-order valence-corrected chi connectivity index (χ3v) is 3.09. The molecule has 0 saturated heterocycles. The van der Waals surface area contributed by atoms with Gasteiger partial charge >= 0.3 is 0 Å². The number of benzene rings is 1. The number of para-hydroxylation sites is 2. The zero-order valence-corrected chi connectivity index (χ0v) is 11.3. The molecule has 1 amide bonds. The Morgan fingerprint density at radius 1 is 1.42 bits per heavy atom. The van der Waals surface area contributed by atoms with Crippen LogP contribution in [0, 0.1) is 5.92 Å². The lowest BCUT2D eigenvalue weighted by Gasteiger charge is -2.27. The van der Waals surface area contributed by atoms with E-state index >= 15 is 0 Å². The molecule has 19 heavy (non-hydrogen) atoms. The highest BCUT2D eigenvalue weighted by atomic mass is 16.6. The second-order valence-corrected chi connectivity index (χ2v) is 5.01. The van der Waals surface area contributed by atoms with Crippen molar-refractivity contribution in [3.63, 3.8) is 0 Å². The molecule has 2 atom stereocenters. The molecule has 0 bridgehead atoms. The van der Waals surface area contributed by atoms with Gasteiger partial charge < -0.3 is 20.5 Å². The zero-order valence-electron chi connectivity index (χ0n) is 11.3. The molecule has 1 aromatic carbocycles. The van der Waals surface area contributed by atoms with Crippen LogP contribution >= 0.6 is 0 Å². The lowest BCUT2D eigenvalue weighted by molar-refractivity contribution is -0.123. The Morgan fingerprint density at radius 2 is 2.11 bits per heavy atom. The summed E-state index contributed by atoms with van der Waals surface area (Å²) in [5, 5.41) is 2.80. The van der Waals surface area contributed by atoms with E-state index in [9.17, 15) is 4.79 Å². The maximum absolute atomic E-state index is 11.7. The molecular weight excluding hydrogens is 244 g/mol. The molecule has 104 valence electrons. The van der Waals surface area contributed by atoms with E-state index < -0.39 is 6.04 Å². The summed E-state index contributed by atoms with van der Waals surface area (Å²) in [5.74, 6) is 1.41. The predicted octanol–water partition coefficient (Wildman–Crippen LogP) is 0.926. The summed E-state index contributed by atoms with van der Waals surface area (Å²) in [5.41, 5.74) is 5.77. The van der Waals surface area contributed by atoms with Gasteiger partial charge in [0.15, 0.2) is 11.5 Å². The van der Waals surface area contributed by atoms with Crippen molar-refractivity contribution in [3.8, 4) is 11.5 Å². The predicted molar refractivity (Wildman–Crippen MR) is 72.2 cm³/mol. The second kappa shape index (κ2) is 5.93. The molecule has 0 radical (unpaired) electrons. The van der Waals surface area contributed by atoms with Crippen molar-refractivity contribution in [2.45, 2.75) is 26.0 Å². The third-order valence-electron chi connectivity index (χ3n) is 3.09. The Balaban J connectivity index is 1.84. The number of carbonyl (C=O) groups is 1. The minimum absolute atomic E-state index is 0.115. The standard InChI is InChI=1S/C14H20N2O3/c1-9(2)13(15)14(17)16-7-10-8-18-11-5-3-4-6-12(11)19-10/h3-6,9-10,13H,7-8,15H2,1-2H3,(H,16,17)/t10?,13-/m1/s1. The van der Waals surface area contributed by atoms with Gasteiger partial charge in [0, 0.05) is 0 Å². The summed E-state index contributed by atoms with van der Waals surface area (Å²) in [6.45, 7) is 4.66. The minimum Gasteiger partial charge on any atom is -0.486 e. The van der Waals surface area contributed by atoms with Gasteiger partial charge in [-0.15, -0.1) is 0 Å². The average molecular weight is 264 g/mol. The molecule has 0 aliphatic carbocycles. The smallest absolute Gasteiger partial charge is 0.237 e. The Kier molecular flexibility index (Phi) is 4.27. The lowest BCUT2D eigenvalue weighted by atomic mass is 10.1. The van der Waals surface area contributed by atoms with Crippen LogP contribution in [0.4, 0.5) is 0 Å². The van der Waals surface area contributed by atoms with Gasteiger partial charge in [-0.3, -0.25) is 4.79 Å². The van der Waals surface area contributed by atoms with Gasteiger partial charge in [-0.1, -0.05) is 26.0 Å². The summed E-state index contributed by atoms with van der Waals surface area (Å²) in [6.07, 6.45) is -0.182. The zero-order chi connectivity index (χ0) is 13.8. The molecular formula is C14H20N2O3. The minimum atomic E-state index is -0.489. The topological polar surface area (TPSA) is 73.6 Å². The van der Waals surface area contributed by atoms with Crippen molar-refractivity contribution in [1.29, 1.82) is 0 Å². The molecule has 1 heterocycles. The SMILES string of the molecule is CC(C)[C@@H](N)C(=O)NCC1COc2ccccc2O1. The Hall–Kier alpha value is -1.75. The monoisotopic (exact) mass is 264 g/mol. The van der Waals surface area contributed by atoms with Crippen LogP contribution in [0.2, 0.25) is 0 Å². The van der Waals surface area contributed by atoms with Gasteiger partial charge in [0.05, 0.1) is 12.6 Å². The van der Waals surface area contributed by atoms with Crippen molar-refractivity contribution in [2.24, 2.45) is 11.7 Å². The van der Waals surface area contributed by atoms with Crippen LogP contribution in [-0.4, -0.2) is 31.2 Å². The number of hydrogen-bond acceptors (Lipinski definition) is 4. The third kappa shape index (κ3) is 3.38. The molecule has 1 unspecified atom stereocenters. The van der Waals surface area contributed by atoms with Crippen LogP contribution < -0.4 is 20.5 Å². The first-order valence-electron chi connectivity index (χ1n) is 6.49. The van der Waals surface area contributed by atoms with Crippen molar-refractivity contribution < 1.29 is 14.3 Å². The summed E-state index contributed by atoms with van der Waals surface area (Å²) >= 11 is 0. The van der Waals surface area contributed by atoms with Gasteiger partial charge in [0.25, 0.3) is 0 Å². The van der Waals surface area contributed by atoms with Crippen LogP contribution in [0.5, 0.6) is 11.5 Å². The molecule has 3 N–H and O–H groups in total. The summed E-state index contributed by atoms with van der Waals surface area (Å²) in [6, 6.07) is 7.00. The second-order valence-electron chi connectivity index (χ2n) is 5.01. The highest BCUT2D eigenvalue weighted by Crippen LogP contribution is 2.30. The number of carbonyl (C=O) groups excluding carboxylic acids is 1. The number of nitrogens with two attached hydrogens (primary N) is 1. The molecule has 0 saturated carbocycles. The van der Waals surface area contributed by atoms with E-state index in [-0.39, 0.29) is 17.9 Å². The molecule has 5 nitrogen and oxygen atoms in total. The van der Waals surface area contributed by atoms with Crippen LogP contribution in [-0.2, 0) is 4.79 Å². The fourth-order valence-corrected chi connectivity index (χ4v) is 1.80. The van der Waals surface area contributed by atoms with Crippen LogP contribution in [0.15, 0.2) is 24.3 Å². The van der Waals surface area contributed by atoms with Crippen molar-refractivity contribution >= 4 is 5.91 Å². The number of nitrogens with one attached hydrogen (secondary N) is 1. The van der Waals surface area contributed by atoms with E-state index in [4.69, 9.17) is 15.2 Å². The van der Waals surface area contributed by atoms with Gasteiger partial charge in [-0.25, -0.2) is 0 Å². The fourth-order valence-electron chi connectivity index (χ4n) is 1.80. The first-order valence-corrected chi connectivity index (χ1v) is 6.49. The lowest BCUT2D eigenvalue weighted by Crippen LogP contribution is -2.48. The molecule has 0 aromatic heterocycles. The van der Waals surface area contributed by atoms with E-state index in [1.54, 1.807) is 0 Å². The molecule has 0 fully saturated rings. The average Bonchev–Trinajstić information content (AvgIpc) is 2.43. The molecule has 0 spiro atoms. The summed E-state index contributed by atoms with van der Waals surface area (Å²) < 4.78 is 11.3. The van der Waals surface area contributed by atoms with Crippen LogP contribution in [0.3, 0.4) is 0 Å². The number of hydrogen-bond donors (Lipinski definition) is 2.